The van der Waals surface area contributed by atoms with Crippen molar-refractivity contribution in [1.29, 1.82) is 0 Å². The summed E-state index contributed by atoms with van der Waals surface area (Å²) in [5, 5.41) is 16.4. The molecule has 0 spiro atoms. The minimum absolute atomic E-state index is 0.0345. The highest BCUT2D eigenvalue weighted by Crippen LogP contribution is 2.16. The number of hydrogen-bond acceptors (Lipinski definition) is 3. The first-order chi connectivity index (χ1) is 7.56. The molecule has 5 nitrogen and oxygen atoms in total. The van der Waals surface area contributed by atoms with E-state index < -0.39 is 6.10 Å². The van der Waals surface area contributed by atoms with Crippen LogP contribution in [0.5, 0.6) is 0 Å². The molecule has 1 aromatic heterocycles. The van der Waals surface area contributed by atoms with E-state index in [0.29, 0.717) is 6.54 Å². The fraction of sp³-hybridized carbons (Fsp3) is 0.636. The van der Waals surface area contributed by atoms with Gasteiger partial charge in [0.25, 0.3) is 0 Å². The zero-order chi connectivity index (χ0) is 11.7. The number of aliphatic hydroxyl groups is 1. The van der Waals surface area contributed by atoms with Crippen LogP contribution < -0.4 is 0 Å². The molecule has 1 aliphatic heterocycles. The lowest BCUT2D eigenvalue weighted by molar-refractivity contribution is -0.129. The number of carbonyl (C=O) groups is 1. The minimum Gasteiger partial charge on any atom is -0.391 e. The van der Waals surface area contributed by atoms with Gasteiger partial charge in [0.2, 0.25) is 5.91 Å². The standard InChI is InChI=1S/C11H17N3O2/c1-7-3-9(13-12-7)4-8(2)14-6-10(15)5-11(14)16/h3,8,10,15H,4-6H2,1-2H3,(H,12,13). The molecular formula is C11H17N3O2. The molecule has 2 unspecified atom stereocenters. The molecule has 16 heavy (non-hydrogen) atoms. The summed E-state index contributed by atoms with van der Waals surface area (Å²) in [6.45, 7) is 4.38. The molecule has 1 fully saturated rings. The maximum absolute atomic E-state index is 11.6. The number of amides is 1. The summed E-state index contributed by atoms with van der Waals surface area (Å²) < 4.78 is 0. The monoisotopic (exact) mass is 223 g/mol. The topological polar surface area (TPSA) is 69.2 Å². The summed E-state index contributed by atoms with van der Waals surface area (Å²) in [5.41, 5.74) is 1.98. The number of H-pyrrole nitrogens is 1. The summed E-state index contributed by atoms with van der Waals surface area (Å²) in [6, 6.07) is 2.07. The Morgan fingerprint density at radius 1 is 1.75 bits per heavy atom. The second-order valence-corrected chi connectivity index (χ2v) is 4.50. The lowest BCUT2D eigenvalue weighted by Gasteiger charge is -2.23. The summed E-state index contributed by atoms with van der Waals surface area (Å²) in [5.74, 6) is 0.0345. The van der Waals surface area contributed by atoms with E-state index in [4.69, 9.17) is 0 Å². The highest BCUT2D eigenvalue weighted by Gasteiger charge is 2.31. The molecule has 1 amide bonds. The van der Waals surface area contributed by atoms with Gasteiger partial charge in [-0.2, -0.15) is 5.10 Å². The number of aryl methyl sites for hydroxylation is 1. The molecule has 1 saturated heterocycles. The van der Waals surface area contributed by atoms with Crippen LogP contribution in [-0.2, 0) is 11.2 Å². The van der Waals surface area contributed by atoms with Gasteiger partial charge in [0.15, 0.2) is 0 Å². The van der Waals surface area contributed by atoms with Gasteiger partial charge in [0, 0.05) is 24.7 Å². The fourth-order valence-corrected chi connectivity index (χ4v) is 2.13. The quantitative estimate of drug-likeness (QED) is 0.771. The average Bonchev–Trinajstić information content (AvgIpc) is 2.73. The van der Waals surface area contributed by atoms with Gasteiger partial charge in [-0.05, 0) is 19.9 Å². The van der Waals surface area contributed by atoms with Gasteiger partial charge < -0.3 is 10.0 Å². The van der Waals surface area contributed by atoms with E-state index >= 15 is 0 Å². The second-order valence-electron chi connectivity index (χ2n) is 4.50. The van der Waals surface area contributed by atoms with Crippen molar-refractivity contribution >= 4 is 5.91 Å². The van der Waals surface area contributed by atoms with Crippen molar-refractivity contribution in [2.45, 2.75) is 38.8 Å². The molecule has 0 aliphatic carbocycles. The number of β-amino-alcohol motifs (C(OH)–C–C–N with tert-alkyl or cyclic N) is 1. The minimum atomic E-state index is -0.504. The van der Waals surface area contributed by atoms with Crippen LogP contribution >= 0.6 is 0 Å². The number of nitrogens with one attached hydrogen (secondary N) is 1. The third kappa shape index (κ3) is 2.24. The Morgan fingerprint density at radius 2 is 2.50 bits per heavy atom. The van der Waals surface area contributed by atoms with E-state index in [1.54, 1.807) is 4.90 Å². The fourth-order valence-electron chi connectivity index (χ4n) is 2.13. The van der Waals surface area contributed by atoms with Crippen LogP contribution in [-0.4, -0.2) is 44.8 Å². The molecule has 1 aromatic rings. The summed E-state index contributed by atoms with van der Waals surface area (Å²) in [7, 11) is 0. The maximum Gasteiger partial charge on any atom is 0.225 e. The van der Waals surface area contributed by atoms with E-state index in [9.17, 15) is 9.90 Å². The summed E-state index contributed by atoms with van der Waals surface area (Å²) in [6.07, 6.45) is 0.475. The van der Waals surface area contributed by atoms with Crippen molar-refractivity contribution in [1.82, 2.24) is 15.1 Å². The lowest BCUT2D eigenvalue weighted by atomic mass is 10.1. The number of likely N-dealkylation sites (tertiary alicyclic amines) is 1. The van der Waals surface area contributed by atoms with Crippen LogP contribution in [0.2, 0.25) is 0 Å². The molecule has 0 aromatic carbocycles. The molecule has 1 aliphatic rings. The van der Waals surface area contributed by atoms with E-state index in [2.05, 4.69) is 10.2 Å². The van der Waals surface area contributed by atoms with E-state index in [-0.39, 0.29) is 18.4 Å². The number of carbonyl (C=O) groups excluding carboxylic acids is 1. The first-order valence-corrected chi connectivity index (χ1v) is 5.54. The predicted octanol–water partition coefficient (Wildman–Crippen LogP) is 0.242. The first-order valence-electron chi connectivity index (χ1n) is 5.54. The summed E-state index contributed by atoms with van der Waals surface area (Å²) in [4.78, 5) is 13.3. The zero-order valence-corrected chi connectivity index (χ0v) is 9.60. The van der Waals surface area contributed by atoms with E-state index in [1.165, 1.54) is 0 Å². The van der Waals surface area contributed by atoms with Gasteiger partial charge in [-0.15, -0.1) is 0 Å². The van der Waals surface area contributed by atoms with Crippen LogP contribution in [0.3, 0.4) is 0 Å². The number of aliphatic hydroxyl groups excluding tert-OH is 1. The van der Waals surface area contributed by atoms with Crippen molar-refractivity contribution in [3.05, 3.63) is 17.5 Å². The van der Waals surface area contributed by atoms with Crippen LogP contribution in [0.4, 0.5) is 0 Å². The van der Waals surface area contributed by atoms with E-state index in [0.717, 1.165) is 17.8 Å². The molecule has 2 rings (SSSR count). The Bertz CT molecular complexity index is 388. The molecule has 2 atom stereocenters. The Morgan fingerprint density at radius 3 is 3.00 bits per heavy atom. The molecule has 0 saturated carbocycles. The molecule has 5 heteroatoms. The molecule has 2 heterocycles. The maximum atomic E-state index is 11.6. The smallest absolute Gasteiger partial charge is 0.225 e. The van der Waals surface area contributed by atoms with Crippen LogP contribution in [0.1, 0.15) is 24.7 Å². The molecule has 88 valence electrons. The van der Waals surface area contributed by atoms with Crippen LogP contribution in [0.25, 0.3) is 0 Å². The SMILES string of the molecule is Cc1cc(CC(C)N2CC(O)CC2=O)n[nH]1. The number of hydrogen-bond donors (Lipinski definition) is 2. The third-order valence-corrected chi connectivity index (χ3v) is 2.93. The van der Waals surface area contributed by atoms with Crippen LogP contribution in [0.15, 0.2) is 6.07 Å². The van der Waals surface area contributed by atoms with Crippen LogP contribution in [0, 0.1) is 6.92 Å². The van der Waals surface area contributed by atoms with Gasteiger partial charge in [-0.3, -0.25) is 9.89 Å². The second kappa shape index (κ2) is 4.25. The summed E-state index contributed by atoms with van der Waals surface area (Å²) >= 11 is 0. The largest absolute Gasteiger partial charge is 0.391 e. The van der Waals surface area contributed by atoms with E-state index in [1.807, 2.05) is 19.9 Å². The number of nitrogens with zero attached hydrogens (tertiary/aromatic N) is 2. The molecule has 0 radical (unpaired) electrons. The normalized spacial score (nSPS) is 22.8. The Labute approximate surface area is 94.5 Å². The van der Waals surface area contributed by atoms with Crippen molar-refractivity contribution in [2.24, 2.45) is 0 Å². The highest BCUT2D eigenvalue weighted by molar-refractivity contribution is 5.79. The van der Waals surface area contributed by atoms with Gasteiger partial charge in [0.1, 0.15) is 0 Å². The van der Waals surface area contributed by atoms with Crippen molar-refractivity contribution < 1.29 is 9.90 Å². The lowest BCUT2D eigenvalue weighted by Crippen LogP contribution is -2.36. The molecule has 0 bridgehead atoms. The Balaban J connectivity index is 1.98. The van der Waals surface area contributed by atoms with Crippen molar-refractivity contribution in [2.75, 3.05) is 6.54 Å². The van der Waals surface area contributed by atoms with Gasteiger partial charge in [-0.1, -0.05) is 0 Å². The molecular weight excluding hydrogens is 206 g/mol. The third-order valence-electron chi connectivity index (χ3n) is 2.93. The Kier molecular flexibility index (Phi) is 2.96. The number of aromatic amines is 1. The Hall–Kier alpha value is -1.36. The molecule has 2 N–H and O–H groups in total. The van der Waals surface area contributed by atoms with Gasteiger partial charge >= 0.3 is 0 Å². The van der Waals surface area contributed by atoms with Crippen molar-refractivity contribution in [3.8, 4) is 0 Å². The highest BCUT2D eigenvalue weighted by atomic mass is 16.3. The number of rotatable bonds is 3. The first kappa shape index (κ1) is 11.1. The van der Waals surface area contributed by atoms with Gasteiger partial charge in [-0.25, -0.2) is 0 Å². The zero-order valence-electron chi connectivity index (χ0n) is 9.60. The average molecular weight is 223 g/mol. The van der Waals surface area contributed by atoms with Gasteiger partial charge in [0.05, 0.1) is 18.2 Å². The predicted molar refractivity (Wildman–Crippen MR) is 58.8 cm³/mol. The van der Waals surface area contributed by atoms with Crippen molar-refractivity contribution in [3.63, 3.8) is 0 Å². The number of aromatic nitrogens is 2.